The molecule has 0 radical (unpaired) electrons. The summed E-state index contributed by atoms with van der Waals surface area (Å²) in [5.74, 6) is -0.612. The number of thioether (sulfide) groups is 1. The lowest BCUT2D eigenvalue weighted by molar-refractivity contribution is -0.119. The average Bonchev–Trinajstić information content (AvgIpc) is 3.08. The van der Waals surface area contributed by atoms with Crippen LogP contribution in [-0.4, -0.2) is 17.1 Å². The number of carbonyl (C=O) groups excluding carboxylic acids is 2. The summed E-state index contributed by atoms with van der Waals surface area (Å²) in [6, 6.07) is 10.6. The van der Waals surface area contributed by atoms with Crippen LogP contribution in [0, 0.1) is 0 Å². The molecule has 1 aliphatic rings. The van der Waals surface area contributed by atoms with Gasteiger partial charge in [0.2, 0.25) is 0 Å². The summed E-state index contributed by atoms with van der Waals surface area (Å²) in [7, 11) is 0. The lowest BCUT2D eigenvalue weighted by Gasteiger charge is -2.16. The fourth-order valence-electron chi connectivity index (χ4n) is 2.34. The van der Waals surface area contributed by atoms with Crippen LogP contribution in [0.15, 0.2) is 46.7 Å². The van der Waals surface area contributed by atoms with Crippen molar-refractivity contribution in [1.82, 2.24) is 0 Å². The second kappa shape index (κ2) is 6.51. The van der Waals surface area contributed by atoms with Gasteiger partial charge in [-0.25, -0.2) is 4.90 Å². The first-order chi connectivity index (χ1) is 11.0. The highest BCUT2D eigenvalue weighted by molar-refractivity contribution is 8.04. The van der Waals surface area contributed by atoms with Crippen molar-refractivity contribution >= 4 is 57.8 Å². The number of carbonyl (C=O) groups is 2. The Morgan fingerprint density at radius 3 is 2.43 bits per heavy atom. The maximum atomic E-state index is 12.9. The Kier molecular flexibility index (Phi) is 4.62. The maximum Gasteiger partial charge on any atom is 0.272 e. The summed E-state index contributed by atoms with van der Waals surface area (Å²) >= 11 is 9.06. The molecule has 1 aromatic heterocycles. The van der Waals surface area contributed by atoms with E-state index in [9.17, 15) is 9.59 Å². The first-order valence-corrected chi connectivity index (χ1v) is 9.22. The fraction of sp³-hybridized carbons (Fsp3) is 0.176. The number of para-hydroxylation sites is 1. The predicted octanol–water partition coefficient (Wildman–Crippen LogP) is 4.83. The van der Waals surface area contributed by atoms with Gasteiger partial charge in [0, 0.05) is 10.1 Å². The molecule has 0 bridgehead atoms. The van der Waals surface area contributed by atoms with E-state index in [0.717, 1.165) is 4.88 Å². The van der Waals surface area contributed by atoms with Gasteiger partial charge in [-0.2, -0.15) is 0 Å². The third-order valence-electron chi connectivity index (χ3n) is 3.26. The summed E-state index contributed by atoms with van der Waals surface area (Å²) in [5, 5.41) is 2.48. The second-order valence-electron chi connectivity index (χ2n) is 5.25. The average molecular weight is 364 g/mol. The summed E-state index contributed by atoms with van der Waals surface area (Å²) in [5.41, 5.74) is 0.904. The highest BCUT2D eigenvalue weighted by atomic mass is 35.5. The summed E-state index contributed by atoms with van der Waals surface area (Å²) < 4.78 is 0. The van der Waals surface area contributed by atoms with Crippen LogP contribution in [0.3, 0.4) is 0 Å². The third kappa shape index (κ3) is 2.96. The van der Waals surface area contributed by atoms with Gasteiger partial charge in [0.05, 0.1) is 21.2 Å². The van der Waals surface area contributed by atoms with Gasteiger partial charge in [0.15, 0.2) is 0 Å². The fourth-order valence-corrected chi connectivity index (χ4v) is 4.38. The molecule has 0 saturated heterocycles. The maximum absolute atomic E-state index is 12.9. The molecule has 2 heterocycles. The number of thiophene rings is 1. The third-order valence-corrected chi connectivity index (χ3v) is 5.55. The number of imide groups is 1. The van der Waals surface area contributed by atoms with Gasteiger partial charge < -0.3 is 0 Å². The molecule has 3 rings (SSSR count). The smallest absolute Gasteiger partial charge is 0.268 e. The number of benzene rings is 1. The zero-order valence-electron chi connectivity index (χ0n) is 12.6. The molecule has 23 heavy (non-hydrogen) atoms. The van der Waals surface area contributed by atoms with E-state index in [2.05, 4.69) is 0 Å². The van der Waals surface area contributed by atoms with Crippen LogP contribution in [0.2, 0.25) is 5.02 Å². The van der Waals surface area contributed by atoms with Crippen molar-refractivity contribution in [3.8, 4) is 0 Å². The normalized spacial score (nSPS) is 15.2. The lowest BCUT2D eigenvalue weighted by atomic mass is 10.2. The predicted molar refractivity (Wildman–Crippen MR) is 97.9 cm³/mol. The van der Waals surface area contributed by atoms with E-state index in [1.165, 1.54) is 28.0 Å². The Morgan fingerprint density at radius 1 is 1.09 bits per heavy atom. The molecule has 3 nitrogen and oxygen atoms in total. The molecule has 2 amide bonds. The highest BCUT2D eigenvalue weighted by Gasteiger charge is 2.41. The molecule has 0 atom stereocenters. The quantitative estimate of drug-likeness (QED) is 0.730. The molecule has 0 aliphatic carbocycles. The van der Waals surface area contributed by atoms with Crippen molar-refractivity contribution in [3.05, 3.63) is 56.6 Å². The topological polar surface area (TPSA) is 37.4 Å². The number of hydrogen-bond donors (Lipinski definition) is 0. The molecule has 1 aliphatic heterocycles. The van der Waals surface area contributed by atoms with Crippen LogP contribution in [0.1, 0.15) is 18.7 Å². The minimum Gasteiger partial charge on any atom is -0.268 e. The van der Waals surface area contributed by atoms with Gasteiger partial charge in [0.25, 0.3) is 11.8 Å². The van der Waals surface area contributed by atoms with Crippen LogP contribution in [-0.2, 0) is 9.59 Å². The van der Waals surface area contributed by atoms with Gasteiger partial charge in [0.1, 0.15) is 0 Å². The number of halogens is 1. The summed E-state index contributed by atoms with van der Waals surface area (Å²) in [6.45, 7) is 4.00. The van der Waals surface area contributed by atoms with Gasteiger partial charge in [-0.15, -0.1) is 23.1 Å². The molecule has 0 saturated carbocycles. The van der Waals surface area contributed by atoms with Crippen molar-refractivity contribution in [2.75, 3.05) is 4.90 Å². The zero-order valence-corrected chi connectivity index (χ0v) is 15.0. The molecule has 0 fully saturated rings. The number of amides is 2. The lowest BCUT2D eigenvalue weighted by Crippen LogP contribution is -2.31. The van der Waals surface area contributed by atoms with Crippen LogP contribution in [0.25, 0.3) is 5.57 Å². The highest BCUT2D eigenvalue weighted by Crippen LogP contribution is 2.42. The summed E-state index contributed by atoms with van der Waals surface area (Å²) in [4.78, 5) is 28.3. The van der Waals surface area contributed by atoms with Gasteiger partial charge >= 0.3 is 0 Å². The molecular formula is C17H14ClNO2S2. The van der Waals surface area contributed by atoms with Crippen LogP contribution in [0.5, 0.6) is 0 Å². The largest absolute Gasteiger partial charge is 0.272 e. The molecule has 0 unspecified atom stereocenters. The molecule has 1 aromatic carbocycles. The van der Waals surface area contributed by atoms with E-state index in [0.29, 0.717) is 21.2 Å². The number of hydrogen-bond acceptors (Lipinski definition) is 4. The number of anilines is 1. The molecule has 0 spiro atoms. The van der Waals surface area contributed by atoms with Gasteiger partial charge in [-0.05, 0) is 23.6 Å². The minimum atomic E-state index is -0.311. The Morgan fingerprint density at radius 2 is 1.83 bits per heavy atom. The Hall–Kier alpha value is -1.56. The standard InChI is InChI=1S/C17H14ClNO2S2/c1-10(2)23-15-14(13-8-5-9-22-13)16(20)19(17(15)21)12-7-4-3-6-11(12)18/h3-10H,1-2H3. The van der Waals surface area contributed by atoms with Crippen molar-refractivity contribution in [1.29, 1.82) is 0 Å². The molecular weight excluding hydrogens is 350 g/mol. The zero-order chi connectivity index (χ0) is 16.6. The molecule has 118 valence electrons. The molecule has 0 N–H and O–H groups in total. The summed E-state index contributed by atoms with van der Waals surface area (Å²) in [6.07, 6.45) is 0. The number of rotatable bonds is 4. The molecule has 2 aromatic rings. The van der Waals surface area contributed by atoms with Crippen molar-refractivity contribution < 1.29 is 9.59 Å². The van der Waals surface area contributed by atoms with Gasteiger partial charge in [-0.1, -0.05) is 43.6 Å². The van der Waals surface area contributed by atoms with Crippen molar-refractivity contribution in [3.63, 3.8) is 0 Å². The molecule has 6 heteroatoms. The first kappa shape index (κ1) is 16.3. The van der Waals surface area contributed by atoms with E-state index >= 15 is 0 Å². The minimum absolute atomic E-state index is 0.197. The Labute approximate surface area is 147 Å². The van der Waals surface area contributed by atoms with E-state index < -0.39 is 0 Å². The van der Waals surface area contributed by atoms with E-state index in [-0.39, 0.29) is 17.1 Å². The monoisotopic (exact) mass is 363 g/mol. The second-order valence-corrected chi connectivity index (χ2v) is 8.19. The van der Waals surface area contributed by atoms with E-state index in [4.69, 9.17) is 11.6 Å². The Balaban J connectivity index is 2.11. The van der Waals surface area contributed by atoms with Crippen molar-refractivity contribution in [2.45, 2.75) is 19.1 Å². The van der Waals surface area contributed by atoms with Crippen LogP contribution < -0.4 is 4.90 Å². The van der Waals surface area contributed by atoms with E-state index in [1.807, 2.05) is 31.4 Å². The van der Waals surface area contributed by atoms with Crippen LogP contribution in [0.4, 0.5) is 5.69 Å². The van der Waals surface area contributed by atoms with E-state index in [1.54, 1.807) is 24.3 Å². The number of nitrogens with zero attached hydrogens (tertiary/aromatic N) is 1. The van der Waals surface area contributed by atoms with Crippen molar-refractivity contribution in [2.24, 2.45) is 0 Å². The van der Waals surface area contributed by atoms with Crippen LogP contribution >= 0.6 is 34.7 Å². The SMILES string of the molecule is CC(C)SC1=C(c2cccs2)C(=O)N(c2ccccc2Cl)C1=O. The first-order valence-electron chi connectivity index (χ1n) is 7.09. The van der Waals surface area contributed by atoms with Gasteiger partial charge in [-0.3, -0.25) is 9.59 Å². The Bertz CT molecular complexity index is 797.